The summed E-state index contributed by atoms with van der Waals surface area (Å²) in [6.07, 6.45) is -2.08. The van der Waals surface area contributed by atoms with Crippen LogP contribution < -0.4 is 5.32 Å². The lowest BCUT2D eigenvalue weighted by atomic mass is 10.1. The lowest BCUT2D eigenvalue weighted by Gasteiger charge is -2.14. The lowest BCUT2D eigenvalue weighted by molar-refractivity contribution is -0.137. The van der Waals surface area contributed by atoms with Crippen LogP contribution in [0.25, 0.3) is 0 Å². The van der Waals surface area contributed by atoms with Crippen molar-refractivity contribution in [2.75, 3.05) is 11.9 Å². The van der Waals surface area contributed by atoms with Gasteiger partial charge in [-0.2, -0.15) is 13.2 Å². The SMILES string of the molecule is C=CCCNc1ccc(Br)cc1C(F)(F)F. The summed E-state index contributed by atoms with van der Waals surface area (Å²) < 4.78 is 38.4. The second-order valence-corrected chi connectivity index (χ2v) is 4.11. The molecule has 1 nitrogen and oxygen atoms in total. The van der Waals surface area contributed by atoms with Gasteiger partial charge >= 0.3 is 6.18 Å². The molecule has 1 aromatic carbocycles. The van der Waals surface area contributed by atoms with Gasteiger partial charge in [0.05, 0.1) is 5.56 Å². The normalized spacial score (nSPS) is 11.2. The molecule has 16 heavy (non-hydrogen) atoms. The van der Waals surface area contributed by atoms with Crippen molar-refractivity contribution in [1.29, 1.82) is 0 Å². The summed E-state index contributed by atoms with van der Waals surface area (Å²) in [6, 6.07) is 4.05. The Balaban J connectivity index is 2.94. The second-order valence-electron chi connectivity index (χ2n) is 3.19. The number of hydrogen-bond acceptors (Lipinski definition) is 1. The topological polar surface area (TPSA) is 12.0 Å². The third-order valence-corrected chi connectivity index (χ3v) is 2.44. The smallest absolute Gasteiger partial charge is 0.384 e. The molecule has 5 heteroatoms. The molecule has 0 atom stereocenters. The van der Waals surface area contributed by atoms with Crippen molar-refractivity contribution >= 4 is 21.6 Å². The van der Waals surface area contributed by atoms with Crippen molar-refractivity contribution in [3.8, 4) is 0 Å². The van der Waals surface area contributed by atoms with E-state index in [1.165, 1.54) is 6.07 Å². The van der Waals surface area contributed by atoms with E-state index >= 15 is 0 Å². The van der Waals surface area contributed by atoms with E-state index in [1.807, 2.05) is 0 Å². The average molecular weight is 294 g/mol. The van der Waals surface area contributed by atoms with E-state index in [4.69, 9.17) is 0 Å². The van der Waals surface area contributed by atoms with E-state index < -0.39 is 11.7 Å². The molecule has 0 aliphatic rings. The van der Waals surface area contributed by atoms with E-state index in [0.717, 1.165) is 6.07 Å². The van der Waals surface area contributed by atoms with Crippen LogP contribution in [0.5, 0.6) is 0 Å². The summed E-state index contributed by atoms with van der Waals surface area (Å²) >= 11 is 3.03. The van der Waals surface area contributed by atoms with Crippen molar-refractivity contribution in [2.24, 2.45) is 0 Å². The molecule has 0 aromatic heterocycles. The predicted octanol–water partition coefficient (Wildman–Crippen LogP) is 4.46. The van der Waals surface area contributed by atoms with Gasteiger partial charge in [-0.15, -0.1) is 6.58 Å². The van der Waals surface area contributed by atoms with Gasteiger partial charge in [-0.3, -0.25) is 0 Å². The molecule has 0 amide bonds. The molecular weight excluding hydrogens is 283 g/mol. The summed E-state index contributed by atoms with van der Waals surface area (Å²) in [5, 5.41) is 2.74. The highest BCUT2D eigenvalue weighted by Gasteiger charge is 2.33. The minimum absolute atomic E-state index is 0.0950. The van der Waals surface area contributed by atoms with Crippen molar-refractivity contribution in [3.63, 3.8) is 0 Å². The molecule has 0 spiro atoms. The van der Waals surface area contributed by atoms with Gasteiger partial charge in [-0.25, -0.2) is 0 Å². The minimum Gasteiger partial charge on any atom is -0.384 e. The Labute approximate surface area is 100 Å². The molecule has 0 saturated carbocycles. The highest BCUT2D eigenvalue weighted by Crippen LogP contribution is 2.36. The Hall–Kier alpha value is -0.970. The van der Waals surface area contributed by atoms with Gasteiger partial charge in [0.25, 0.3) is 0 Å². The quantitative estimate of drug-likeness (QED) is 0.638. The lowest BCUT2D eigenvalue weighted by Crippen LogP contribution is -2.11. The molecular formula is C11H11BrF3N. The maximum atomic E-state index is 12.7. The van der Waals surface area contributed by atoms with Crippen LogP contribution in [0.2, 0.25) is 0 Å². The summed E-state index contributed by atoms with van der Waals surface area (Å²) in [7, 11) is 0. The zero-order valence-corrected chi connectivity index (χ0v) is 10.0. The summed E-state index contributed by atoms with van der Waals surface area (Å²) in [4.78, 5) is 0. The van der Waals surface area contributed by atoms with Crippen LogP contribution in [-0.2, 0) is 6.18 Å². The first-order valence-electron chi connectivity index (χ1n) is 4.66. The zero-order chi connectivity index (χ0) is 12.2. The Kier molecular flexibility index (Phi) is 4.41. The summed E-state index contributed by atoms with van der Waals surface area (Å²) in [5.74, 6) is 0. The highest BCUT2D eigenvalue weighted by atomic mass is 79.9. The van der Waals surface area contributed by atoms with E-state index in [9.17, 15) is 13.2 Å². The standard InChI is InChI=1S/C11H11BrF3N/c1-2-3-6-16-10-5-4-8(12)7-9(10)11(13,14)15/h2,4-5,7,16H,1,3,6H2. The largest absolute Gasteiger partial charge is 0.418 e. The molecule has 88 valence electrons. The number of benzene rings is 1. The fourth-order valence-corrected chi connectivity index (χ4v) is 1.58. The van der Waals surface area contributed by atoms with Gasteiger partial charge < -0.3 is 5.32 Å². The fourth-order valence-electron chi connectivity index (χ4n) is 1.21. The Morgan fingerprint density at radius 1 is 1.38 bits per heavy atom. The summed E-state index contributed by atoms with van der Waals surface area (Å²) in [5.41, 5.74) is -0.566. The van der Waals surface area contributed by atoms with Gasteiger partial charge in [0.2, 0.25) is 0 Å². The molecule has 0 heterocycles. The van der Waals surface area contributed by atoms with Crippen LogP contribution in [0, 0.1) is 0 Å². The van der Waals surface area contributed by atoms with Crippen LogP contribution in [0.15, 0.2) is 35.3 Å². The van der Waals surface area contributed by atoms with Crippen LogP contribution in [0.4, 0.5) is 18.9 Å². The second kappa shape index (κ2) is 5.39. The Bertz CT molecular complexity index is 374. The maximum absolute atomic E-state index is 12.7. The number of hydrogen-bond donors (Lipinski definition) is 1. The third kappa shape index (κ3) is 3.56. The maximum Gasteiger partial charge on any atom is 0.418 e. The van der Waals surface area contributed by atoms with Gasteiger partial charge in [-0.05, 0) is 24.6 Å². The molecule has 0 unspecified atom stereocenters. The van der Waals surface area contributed by atoms with Gasteiger partial charge in [0.1, 0.15) is 0 Å². The summed E-state index contributed by atoms with van der Waals surface area (Å²) in [6.45, 7) is 3.95. The highest BCUT2D eigenvalue weighted by molar-refractivity contribution is 9.10. The first kappa shape index (κ1) is 13.1. The molecule has 0 fully saturated rings. The number of rotatable bonds is 4. The first-order chi connectivity index (χ1) is 7.45. The molecule has 0 aliphatic heterocycles. The van der Waals surface area contributed by atoms with Crippen LogP contribution in [-0.4, -0.2) is 6.54 Å². The van der Waals surface area contributed by atoms with Crippen molar-refractivity contribution in [3.05, 3.63) is 40.9 Å². The number of nitrogens with one attached hydrogen (secondary N) is 1. The van der Waals surface area contributed by atoms with Crippen molar-refractivity contribution in [1.82, 2.24) is 0 Å². The van der Waals surface area contributed by atoms with Crippen LogP contribution in [0.3, 0.4) is 0 Å². The Morgan fingerprint density at radius 3 is 2.62 bits per heavy atom. The predicted molar refractivity (Wildman–Crippen MR) is 62.4 cm³/mol. The number of halogens is 4. The molecule has 0 bridgehead atoms. The van der Waals surface area contributed by atoms with E-state index in [1.54, 1.807) is 12.1 Å². The first-order valence-corrected chi connectivity index (χ1v) is 5.46. The number of alkyl halides is 3. The van der Waals surface area contributed by atoms with E-state index in [-0.39, 0.29) is 5.69 Å². The van der Waals surface area contributed by atoms with Crippen molar-refractivity contribution in [2.45, 2.75) is 12.6 Å². The molecule has 0 aliphatic carbocycles. The monoisotopic (exact) mass is 293 g/mol. The van der Waals surface area contributed by atoms with Gasteiger partial charge in [0.15, 0.2) is 0 Å². The minimum atomic E-state index is -4.35. The third-order valence-electron chi connectivity index (χ3n) is 1.95. The van der Waals surface area contributed by atoms with Crippen LogP contribution in [0.1, 0.15) is 12.0 Å². The fraction of sp³-hybridized carbons (Fsp3) is 0.273. The molecule has 1 rings (SSSR count). The molecule has 0 saturated heterocycles. The van der Waals surface area contributed by atoms with E-state index in [0.29, 0.717) is 17.4 Å². The van der Waals surface area contributed by atoms with Gasteiger partial charge in [0, 0.05) is 16.7 Å². The van der Waals surface area contributed by atoms with Crippen LogP contribution >= 0.6 is 15.9 Å². The van der Waals surface area contributed by atoms with E-state index in [2.05, 4.69) is 27.8 Å². The number of anilines is 1. The van der Waals surface area contributed by atoms with Gasteiger partial charge in [-0.1, -0.05) is 22.0 Å². The zero-order valence-electron chi connectivity index (χ0n) is 8.44. The Morgan fingerprint density at radius 2 is 2.06 bits per heavy atom. The van der Waals surface area contributed by atoms with Crippen molar-refractivity contribution < 1.29 is 13.2 Å². The molecule has 1 N–H and O–H groups in total. The molecule has 1 aromatic rings. The average Bonchev–Trinajstić information content (AvgIpc) is 2.19. The molecule has 0 radical (unpaired) electrons.